The van der Waals surface area contributed by atoms with Gasteiger partial charge in [-0.1, -0.05) is 78.9 Å². The summed E-state index contributed by atoms with van der Waals surface area (Å²) in [6, 6.07) is 18.6. The van der Waals surface area contributed by atoms with Gasteiger partial charge in [0.1, 0.15) is 21.9 Å². The van der Waals surface area contributed by atoms with E-state index in [1.807, 2.05) is 9.44 Å². The molecule has 0 unspecified atom stereocenters. The molecule has 5 rings (SSSR count). The average Bonchev–Trinajstić information content (AvgIpc) is 3.47. The predicted molar refractivity (Wildman–Crippen MR) is 174 cm³/mol. The number of carbonyl (C=O) groups is 5. The molecule has 0 aromatic heterocycles. The number of nitrogens with two attached hydrogens (primary N) is 1. The van der Waals surface area contributed by atoms with E-state index in [4.69, 9.17) is 5.73 Å². The van der Waals surface area contributed by atoms with Crippen molar-refractivity contribution in [1.82, 2.24) is 20.1 Å². The summed E-state index contributed by atoms with van der Waals surface area (Å²) >= 11 is 0. The number of amides is 5. The van der Waals surface area contributed by atoms with Crippen molar-refractivity contribution in [2.75, 3.05) is 0 Å². The highest BCUT2D eigenvalue weighted by atomic mass is 32.2. The van der Waals surface area contributed by atoms with E-state index in [0.29, 0.717) is 11.1 Å². The summed E-state index contributed by atoms with van der Waals surface area (Å²) in [5.41, 5.74) is 7.90. The van der Waals surface area contributed by atoms with Crippen LogP contribution < -0.4 is 25.8 Å². The summed E-state index contributed by atoms with van der Waals surface area (Å²) in [6.07, 6.45) is 1.81. The average molecular weight is 692 g/mol. The zero-order valence-corrected chi connectivity index (χ0v) is 26.6. The molecule has 2 heterocycles. The monoisotopic (exact) mass is 691 g/mol. The van der Waals surface area contributed by atoms with Crippen LogP contribution in [0, 0.1) is 0 Å². The van der Waals surface area contributed by atoms with Crippen LogP contribution in [0.2, 0.25) is 0 Å². The minimum atomic E-state index is -3.97. The lowest BCUT2D eigenvalue weighted by Crippen LogP contribution is -2.54. The predicted octanol–water partition coefficient (Wildman–Crippen LogP) is -0.230. The van der Waals surface area contributed by atoms with E-state index in [2.05, 4.69) is 10.6 Å². The SMILES string of the molecule is NC(=O)[C@H](Cc1ccc(C2=CC(=O)NS2(=O)=O)cc1)NC(=O)[C@H](Cc1ccccc1)NC(=O)Cc1ccc(C2=CC(=O)NS2(=O)=O)cc1. The zero-order valence-electron chi connectivity index (χ0n) is 25.0. The van der Waals surface area contributed by atoms with Gasteiger partial charge >= 0.3 is 0 Å². The number of benzene rings is 3. The van der Waals surface area contributed by atoms with E-state index in [0.717, 1.165) is 17.7 Å². The maximum Gasteiger partial charge on any atom is 0.265 e. The second kappa shape index (κ2) is 13.6. The first-order valence-corrected chi connectivity index (χ1v) is 17.4. The Hall–Kier alpha value is -5.61. The van der Waals surface area contributed by atoms with E-state index >= 15 is 0 Å². The van der Waals surface area contributed by atoms with Gasteiger partial charge < -0.3 is 16.4 Å². The molecule has 6 N–H and O–H groups in total. The molecule has 3 aromatic rings. The Bertz CT molecular complexity index is 2080. The largest absolute Gasteiger partial charge is 0.368 e. The standard InChI is InChI=1S/C32H29N5O9S2/c33-31(41)24(14-20-6-10-22(11-7-20)26-17-29(39)36-47(26,43)44)35-32(42)25(15-19-4-2-1-3-5-19)34-28(38)16-21-8-12-23(13-9-21)27-18-30(40)37-48(27,45)46/h1-13,17-18,24-25H,14-16H2,(H2,33,41)(H,34,38)(H,35,42)(H,36,39)(H,37,40)/t24-,25-/m0/s1. The van der Waals surface area contributed by atoms with Crippen LogP contribution in [0.15, 0.2) is 91.0 Å². The van der Waals surface area contributed by atoms with Gasteiger partial charge in [0.15, 0.2) is 0 Å². The third-order valence-electron chi connectivity index (χ3n) is 7.45. The third kappa shape index (κ3) is 8.02. The molecule has 0 saturated heterocycles. The molecule has 0 fully saturated rings. The maximum atomic E-state index is 13.5. The van der Waals surface area contributed by atoms with Gasteiger partial charge in [-0.3, -0.25) is 24.0 Å². The molecule has 0 saturated carbocycles. The van der Waals surface area contributed by atoms with Crippen LogP contribution >= 0.6 is 0 Å². The zero-order chi connectivity index (χ0) is 34.6. The minimum absolute atomic E-state index is 0.0457. The number of rotatable bonds is 12. The minimum Gasteiger partial charge on any atom is -0.368 e. The second-order valence-corrected chi connectivity index (χ2v) is 14.3. The Balaban J connectivity index is 1.27. The molecule has 5 amide bonds. The summed E-state index contributed by atoms with van der Waals surface area (Å²) < 4.78 is 52.3. The molecule has 2 aliphatic heterocycles. The normalized spacial score (nSPS) is 17.2. The number of nitrogens with one attached hydrogen (secondary N) is 4. The first-order valence-electron chi connectivity index (χ1n) is 14.4. The lowest BCUT2D eigenvalue weighted by molar-refractivity contribution is -0.131. The number of hydrogen-bond acceptors (Lipinski definition) is 9. The van der Waals surface area contributed by atoms with Crippen molar-refractivity contribution in [3.05, 3.63) is 119 Å². The molecule has 0 spiro atoms. The van der Waals surface area contributed by atoms with Gasteiger partial charge in [-0.05, 0) is 27.8 Å². The molecule has 0 radical (unpaired) electrons. The van der Waals surface area contributed by atoms with Crippen molar-refractivity contribution < 1.29 is 40.8 Å². The number of primary amides is 1. The Kier molecular flexibility index (Phi) is 9.58. The molecular weight excluding hydrogens is 663 g/mol. The highest BCUT2D eigenvalue weighted by Crippen LogP contribution is 2.25. The van der Waals surface area contributed by atoms with Crippen LogP contribution in [-0.2, 0) is 63.3 Å². The quantitative estimate of drug-likeness (QED) is 0.169. The van der Waals surface area contributed by atoms with E-state index in [1.54, 1.807) is 30.3 Å². The lowest BCUT2D eigenvalue weighted by atomic mass is 10.0. The number of sulfonamides is 2. The Morgan fingerprint density at radius 3 is 1.54 bits per heavy atom. The fraction of sp³-hybridized carbons (Fsp3) is 0.156. The molecule has 16 heteroatoms. The molecule has 3 aromatic carbocycles. The highest BCUT2D eigenvalue weighted by molar-refractivity contribution is 8.00. The smallest absolute Gasteiger partial charge is 0.265 e. The van der Waals surface area contributed by atoms with E-state index in [1.165, 1.54) is 48.5 Å². The molecule has 0 aliphatic carbocycles. The molecule has 248 valence electrons. The van der Waals surface area contributed by atoms with Crippen LogP contribution in [0.5, 0.6) is 0 Å². The summed E-state index contributed by atoms with van der Waals surface area (Å²) in [5, 5.41) is 5.31. The summed E-state index contributed by atoms with van der Waals surface area (Å²) in [6.45, 7) is 0. The first kappa shape index (κ1) is 33.7. The number of hydrogen-bond donors (Lipinski definition) is 5. The molecule has 14 nitrogen and oxygen atoms in total. The maximum absolute atomic E-state index is 13.5. The van der Waals surface area contributed by atoms with Crippen LogP contribution in [0.25, 0.3) is 9.81 Å². The van der Waals surface area contributed by atoms with E-state index in [-0.39, 0.29) is 40.2 Å². The highest BCUT2D eigenvalue weighted by Gasteiger charge is 2.31. The Morgan fingerprint density at radius 2 is 1.08 bits per heavy atom. The third-order valence-corrected chi connectivity index (χ3v) is 10.3. The first-order chi connectivity index (χ1) is 22.7. The van der Waals surface area contributed by atoms with Gasteiger partial charge in [0.05, 0.1) is 6.42 Å². The van der Waals surface area contributed by atoms with Gasteiger partial charge in [0.2, 0.25) is 17.7 Å². The Morgan fingerprint density at radius 1 is 0.625 bits per heavy atom. The fourth-order valence-corrected chi connectivity index (χ4v) is 7.40. The van der Waals surface area contributed by atoms with Gasteiger partial charge in [0.25, 0.3) is 31.9 Å². The van der Waals surface area contributed by atoms with Crippen LogP contribution in [0.3, 0.4) is 0 Å². The van der Waals surface area contributed by atoms with Crippen molar-refractivity contribution in [3.63, 3.8) is 0 Å². The summed E-state index contributed by atoms with van der Waals surface area (Å²) in [5.74, 6) is -3.56. The van der Waals surface area contributed by atoms with Gasteiger partial charge in [-0.25, -0.2) is 26.3 Å². The van der Waals surface area contributed by atoms with Crippen LogP contribution in [-0.4, -0.2) is 58.5 Å². The Labute approximate surface area is 275 Å². The fourth-order valence-electron chi connectivity index (χ4n) is 5.12. The summed E-state index contributed by atoms with van der Waals surface area (Å²) in [4.78, 5) is 61.7. The van der Waals surface area contributed by atoms with E-state index in [9.17, 15) is 40.8 Å². The van der Waals surface area contributed by atoms with Crippen LogP contribution in [0.1, 0.15) is 27.8 Å². The molecular formula is C32H29N5O9S2. The molecule has 2 atom stereocenters. The van der Waals surface area contributed by atoms with Crippen molar-refractivity contribution in [2.24, 2.45) is 5.73 Å². The topological polar surface area (TPSA) is 228 Å². The molecule has 0 bridgehead atoms. The molecule has 2 aliphatic rings. The van der Waals surface area contributed by atoms with Gasteiger partial charge in [0, 0.05) is 25.0 Å². The number of carbonyl (C=O) groups excluding carboxylic acids is 5. The van der Waals surface area contributed by atoms with Gasteiger partial charge in [-0.15, -0.1) is 0 Å². The molecule has 48 heavy (non-hydrogen) atoms. The van der Waals surface area contributed by atoms with Crippen molar-refractivity contribution in [2.45, 2.75) is 31.3 Å². The van der Waals surface area contributed by atoms with E-state index < -0.39 is 61.7 Å². The van der Waals surface area contributed by atoms with Crippen molar-refractivity contribution >= 4 is 59.4 Å². The van der Waals surface area contributed by atoms with Crippen molar-refractivity contribution in [3.8, 4) is 0 Å². The van der Waals surface area contributed by atoms with Gasteiger partial charge in [-0.2, -0.15) is 0 Å². The summed E-state index contributed by atoms with van der Waals surface area (Å²) in [7, 11) is -7.93. The van der Waals surface area contributed by atoms with Crippen molar-refractivity contribution in [1.29, 1.82) is 0 Å². The second-order valence-electron chi connectivity index (χ2n) is 11.0. The lowest BCUT2D eigenvalue weighted by Gasteiger charge is -2.22. The van der Waals surface area contributed by atoms with Crippen LogP contribution in [0.4, 0.5) is 0 Å².